The molecule has 0 atom stereocenters. The van der Waals surface area contributed by atoms with Crippen LogP contribution in [-0.4, -0.2) is 14.5 Å². The molecular formula is C14H15IN4. The molecule has 0 saturated heterocycles. The zero-order valence-electron chi connectivity index (χ0n) is 10.9. The summed E-state index contributed by atoms with van der Waals surface area (Å²) in [7, 11) is 0. The molecule has 2 aromatic heterocycles. The first-order chi connectivity index (χ1) is 8.77. The summed E-state index contributed by atoms with van der Waals surface area (Å²) in [5, 5.41) is 0. The molecule has 0 amide bonds. The normalized spacial score (nSPS) is 10.7. The largest absolute Gasteiger partial charge is 1.00 e. The Morgan fingerprint density at radius 2 is 1.74 bits per heavy atom. The van der Waals surface area contributed by atoms with Gasteiger partial charge in [-0.1, -0.05) is 18.2 Å². The maximum Gasteiger partial charge on any atom is 0.327 e. The van der Waals surface area contributed by atoms with Crippen molar-refractivity contribution < 1.29 is 28.5 Å². The molecule has 0 fully saturated rings. The molecule has 0 saturated carbocycles. The summed E-state index contributed by atoms with van der Waals surface area (Å²) in [5.41, 5.74) is 2.90. The van der Waals surface area contributed by atoms with Crippen LogP contribution in [0.5, 0.6) is 0 Å². The van der Waals surface area contributed by atoms with E-state index in [1.54, 1.807) is 12.4 Å². The van der Waals surface area contributed by atoms with Crippen molar-refractivity contribution in [2.24, 2.45) is 0 Å². The summed E-state index contributed by atoms with van der Waals surface area (Å²) in [6.45, 7) is 4.28. The second-order valence-corrected chi connectivity index (χ2v) is 4.53. The van der Waals surface area contributed by atoms with Gasteiger partial charge in [-0.3, -0.25) is 0 Å². The Bertz CT molecular complexity index is 676. The highest BCUT2D eigenvalue weighted by Crippen LogP contribution is 2.13. The second kappa shape index (κ2) is 5.64. The molecule has 2 heterocycles. The lowest BCUT2D eigenvalue weighted by atomic mass is 10.3. The highest BCUT2D eigenvalue weighted by atomic mass is 127. The van der Waals surface area contributed by atoms with Gasteiger partial charge in [-0.25, -0.2) is 9.55 Å². The Hall–Kier alpha value is -1.50. The zero-order chi connectivity index (χ0) is 12.5. The lowest BCUT2D eigenvalue weighted by Gasteiger charge is -2.00. The van der Waals surface area contributed by atoms with Crippen LogP contribution in [0, 0.1) is 0 Å². The quantitative estimate of drug-likeness (QED) is 0.444. The third kappa shape index (κ3) is 2.47. The van der Waals surface area contributed by atoms with Crippen LogP contribution in [0.2, 0.25) is 0 Å². The number of fused-ring (bicyclic) bond motifs is 1. The number of imidazole rings is 1. The fourth-order valence-corrected chi connectivity index (χ4v) is 2.06. The fraction of sp³-hybridized carbons (Fsp3) is 0.214. The van der Waals surface area contributed by atoms with Crippen LogP contribution in [-0.2, 0) is 0 Å². The monoisotopic (exact) mass is 366 g/mol. The van der Waals surface area contributed by atoms with Gasteiger partial charge in [0.05, 0.1) is 12.2 Å². The Morgan fingerprint density at radius 3 is 2.42 bits per heavy atom. The van der Waals surface area contributed by atoms with Crippen molar-refractivity contribution in [2.75, 3.05) is 0 Å². The van der Waals surface area contributed by atoms with Gasteiger partial charge in [-0.05, 0) is 26.0 Å². The van der Waals surface area contributed by atoms with Gasteiger partial charge in [-0.15, -0.1) is 4.98 Å². The van der Waals surface area contributed by atoms with Crippen LogP contribution >= 0.6 is 0 Å². The van der Waals surface area contributed by atoms with Gasteiger partial charge in [0.15, 0.2) is 6.33 Å². The van der Waals surface area contributed by atoms with Crippen LogP contribution < -0.4 is 28.5 Å². The first-order valence-electron chi connectivity index (χ1n) is 6.06. The topological polar surface area (TPSA) is 34.6 Å². The summed E-state index contributed by atoms with van der Waals surface area (Å²) in [4.78, 5) is 8.87. The SMILES string of the molecule is CC(C)n1c[n+](-c2ccccc2)c2nccnc21.[I-]. The molecule has 0 aliphatic rings. The van der Waals surface area contributed by atoms with E-state index < -0.39 is 0 Å². The molecule has 3 aromatic rings. The number of halogens is 1. The number of nitrogens with zero attached hydrogens (tertiary/aromatic N) is 4. The predicted molar refractivity (Wildman–Crippen MR) is 69.4 cm³/mol. The Balaban J connectivity index is 0.00000133. The second-order valence-electron chi connectivity index (χ2n) is 4.53. The van der Waals surface area contributed by atoms with Crippen molar-refractivity contribution in [3.05, 3.63) is 49.1 Å². The average molecular weight is 366 g/mol. The van der Waals surface area contributed by atoms with Crippen molar-refractivity contribution >= 4 is 11.3 Å². The molecule has 0 radical (unpaired) electrons. The van der Waals surface area contributed by atoms with E-state index in [1.807, 2.05) is 18.2 Å². The maximum absolute atomic E-state index is 4.44. The fourth-order valence-electron chi connectivity index (χ4n) is 2.06. The smallest absolute Gasteiger partial charge is 0.327 e. The van der Waals surface area contributed by atoms with Crippen LogP contribution in [0.15, 0.2) is 49.1 Å². The number of benzene rings is 1. The van der Waals surface area contributed by atoms with Gasteiger partial charge in [0.2, 0.25) is 0 Å². The van der Waals surface area contributed by atoms with Crippen molar-refractivity contribution in [2.45, 2.75) is 19.9 Å². The molecule has 98 valence electrons. The number of hydrogen-bond donors (Lipinski definition) is 0. The van der Waals surface area contributed by atoms with E-state index in [1.165, 1.54) is 0 Å². The molecule has 0 unspecified atom stereocenters. The van der Waals surface area contributed by atoms with E-state index in [9.17, 15) is 0 Å². The van der Waals surface area contributed by atoms with Crippen LogP contribution in [0.25, 0.3) is 17.0 Å². The molecule has 5 heteroatoms. The van der Waals surface area contributed by atoms with Crippen molar-refractivity contribution in [3.8, 4) is 5.69 Å². The van der Waals surface area contributed by atoms with E-state index in [0.29, 0.717) is 6.04 Å². The number of rotatable bonds is 2. The van der Waals surface area contributed by atoms with E-state index in [4.69, 9.17) is 0 Å². The van der Waals surface area contributed by atoms with Crippen LogP contribution in [0.1, 0.15) is 19.9 Å². The predicted octanol–water partition coefficient (Wildman–Crippen LogP) is -0.707. The molecule has 0 N–H and O–H groups in total. The third-order valence-corrected chi connectivity index (χ3v) is 2.96. The van der Waals surface area contributed by atoms with Gasteiger partial charge in [-0.2, -0.15) is 4.57 Å². The summed E-state index contributed by atoms with van der Waals surface area (Å²) >= 11 is 0. The number of para-hydroxylation sites is 1. The van der Waals surface area contributed by atoms with E-state index in [-0.39, 0.29) is 24.0 Å². The molecule has 4 nitrogen and oxygen atoms in total. The third-order valence-electron chi connectivity index (χ3n) is 2.96. The first kappa shape index (κ1) is 13.9. The summed E-state index contributed by atoms with van der Waals surface area (Å²) < 4.78 is 4.21. The highest BCUT2D eigenvalue weighted by Gasteiger charge is 2.20. The van der Waals surface area contributed by atoms with Gasteiger partial charge < -0.3 is 24.0 Å². The molecule has 19 heavy (non-hydrogen) atoms. The minimum Gasteiger partial charge on any atom is -1.00 e. The van der Waals surface area contributed by atoms with Gasteiger partial charge in [0.1, 0.15) is 11.9 Å². The molecule has 1 aromatic carbocycles. The van der Waals surface area contributed by atoms with Gasteiger partial charge >= 0.3 is 5.65 Å². The van der Waals surface area contributed by atoms with Gasteiger partial charge in [0, 0.05) is 0 Å². The zero-order valence-corrected chi connectivity index (χ0v) is 13.0. The van der Waals surface area contributed by atoms with Crippen LogP contribution in [0.4, 0.5) is 0 Å². The molecule has 0 aliphatic carbocycles. The standard InChI is InChI=1S/C14H15N4.HI/c1-11(2)17-10-18(12-6-4-3-5-7-12)14-13(17)15-8-9-16-14;/h3-11H,1-2H3;1H/q+1;/p-1. The van der Waals surface area contributed by atoms with Crippen molar-refractivity contribution in [1.29, 1.82) is 0 Å². The maximum atomic E-state index is 4.44. The average Bonchev–Trinajstić information content (AvgIpc) is 2.79. The Morgan fingerprint density at radius 1 is 1.05 bits per heavy atom. The molecule has 3 rings (SSSR count). The minimum absolute atomic E-state index is 0. The van der Waals surface area contributed by atoms with E-state index in [0.717, 1.165) is 17.0 Å². The number of hydrogen-bond acceptors (Lipinski definition) is 2. The van der Waals surface area contributed by atoms with Crippen LogP contribution in [0.3, 0.4) is 0 Å². The molecule has 0 spiro atoms. The van der Waals surface area contributed by atoms with Crippen molar-refractivity contribution in [1.82, 2.24) is 14.5 Å². The Labute approximate surface area is 129 Å². The highest BCUT2D eigenvalue weighted by molar-refractivity contribution is 5.61. The lowest BCUT2D eigenvalue weighted by Crippen LogP contribution is -3.00. The summed E-state index contributed by atoms with van der Waals surface area (Å²) in [6, 6.07) is 10.6. The van der Waals surface area contributed by atoms with E-state index >= 15 is 0 Å². The first-order valence-corrected chi connectivity index (χ1v) is 6.06. The molecular weight excluding hydrogens is 351 g/mol. The molecule has 0 bridgehead atoms. The summed E-state index contributed by atoms with van der Waals surface area (Å²) in [5.74, 6) is 0. The Kier molecular flexibility index (Phi) is 4.14. The van der Waals surface area contributed by atoms with E-state index in [2.05, 4.69) is 51.4 Å². The van der Waals surface area contributed by atoms with Crippen molar-refractivity contribution in [3.63, 3.8) is 0 Å². The number of aromatic nitrogens is 4. The minimum atomic E-state index is 0. The molecule has 0 aliphatic heterocycles. The van der Waals surface area contributed by atoms with Gasteiger partial charge in [0.25, 0.3) is 5.65 Å². The summed E-state index contributed by atoms with van der Waals surface area (Å²) in [6.07, 6.45) is 5.52. The lowest BCUT2D eigenvalue weighted by molar-refractivity contribution is -0.570.